The first kappa shape index (κ1) is 9.94. The first-order chi connectivity index (χ1) is 7.27. The third kappa shape index (κ3) is 2.25. The molecule has 1 aromatic carbocycles. The maximum absolute atomic E-state index is 5.87. The molecule has 0 amide bonds. The molecule has 2 aromatic rings. The van der Waals surface area contributed by atoms with Gasteiger partial charge in [-0.15, -0.1) is 0 Å². The van der Waals surface area contributed by atoms with Gasteiger partial charge < -0.3 is 0 Å². The van der Waals surface area contributed by atoms with Crippen molar-refractivity contribution in [2.24, 2.45) is 0 Å². The maximum atomic E-state index is 5.87. The minimum absolute atomic E-state index is 0.629. The van der Waals surface area contributed by atoms with Gasteiger partial charge in [0.2, 0.25) is 0 Å². The number of pyridine rings is 1. The number of aromatic nitrogens is 1. The van der Waals surface area contributed by atoms with Gasteiger partial charge in [-0.1, -0.05) is 48.5 Å². The normalized spacial score (nSPS) is 9.93. The van der Waals surface area contributed by atoms with Gasteiger partial charge in [0.15, 0.2) is 0 Å². The largest absolute Gasteiger partial charge is 0.263 e. The van der Waals surface area contributed by atoms with Gasteiger partial charge in [0.1, 0.15) is 0 Å². The van der Waals surface area contributed by atoms with Crippen LogP contribution >= 0.6 is 11.6 Å². The van der Waals surface area contributed by atoms with Crippen molar-refractivity contribution in [1.82, 2.24) is 4.98 Å². The second-order valence-corrected chi connectivity index (χ2v) is 3.67. The highest BCUT2D eigenvalue weighted by molar-refractivity contribution is 6.30. The van der Waals surface area contributed by atoms with Gasteiger partial charge in [0, 0.05) is 18.0 Å². The van der Waals surface area contributed by atoms with Crippen molar-refractivity contribution < 1.29 is 0 Å². The van der Waals surface area contributed by atoms with Crippen LogP contribution in [0.1, 0.15) is 11.1 Å². The molecule has 1 heterocycles. The third-order valence-corrected chi connectivity index (χ3v) is 2.38. The van der Waals surface area contributed by atoms with E-state index in [-0.39, 0.29) is 0 Å². The molecule has 0 spiro atoms. The molecule has 0 aliphatic heterocycles. The molecule has 0 bridgehead atoms. The van der Waals surface area contributed by atoms with Gasteiger partial charge in [-0.05, 0) is 17.2 Å². The van der Waals surface area contributed by atoms with Crippen LogP contribution in [0.5, 0.6) is 0 Å². The van der Waals surface area contributed by atoms with E-state index < -0.39 is 0 Å². The van der Waals surface area contributed by atoms with E-state index in [0.29, 0.717) is 5.02 Å². The van der Waals surface area contributed by atoms with Gasteiger partial charge in [-0.25, -0.2) is 0 Å². The molecule has 0 aliphatic carbocycles. The molecule has 0 aliphatic rings. The maximum Gasteiger partial charge on any atom is 0.0595 e. The number of hydrogen-bond donors (Lipinski definition) is 0. The number of nitrogens with zero attached hydrogens (tertiary/aromatic N) is 1. The minimum atomic E-state index is 0.629. The summed E-state index contributed by atoms with van der Waals surface area (Å²) in [5.74, 6) is 0. The summed E-state index contributed by atoms with van der Waals surface area (Å²) in [4.78, 5) is 4.04. The lowest BCUT2D eigenvalue weighted by molar-refractivity contribution is 1.31. The first-order valence-corrected chi connectivity index (χ1v) is 5.00. The molecule has 1 aromatic heterocycles. The molecule has 0 N–H and O–H groups in total. The van der Waals surface area contributed by atoms with Crippen LogP contribution < -0.4 is 0 Å². The van der Waals surface area contributed by atoms with Crippen molar-refractivity contribution in [2.75, 3.05) is 0 Å². The van der Waals surface area contributed by atoms with Crippen LogP contribution in [-0.4, -0.2) is 4.98 Å². The van der Waals surface area contributed by atoms with E-state index in [4.69, 9.17) is 11.6 Å². The number of hydrogen-bond acceptors (Lipinski definition) is 1. The molecule has 0 saturated carbocycles. The molecular formula is C13H10ClN. The van der Waals surface area contributed by atoms with Gasteiger partial charge in [0.25, 0.3) is 0 Å². The van der Waals surface area contributed by atoms with Crippen LogP contribution in [0.25, 0.3) is 5.57 Å². The second-order valence-electron chi connectivity index (χ2n) is 3.24. The lowest BCUT2D eigenvalue weighted by atomic mass is 10.0. The van der Waals surface area contributed by atoms with E-state index in [0.717, 1.165) is 16.7 Å². The smallest absolute Gasteiger partial charge is 0.0595 e. The second kappa shape index (κ2) is 4.28. The highest BCUT2D eigenvalue weighted by Crippen LogP contribution is 2.22. The Kier molecular flexibility index (Phi) is 2.84. The van der Waals surface area contributed by atoms with E-state index in [1.807, 2.05) is 36.4 Å². The van der Waals surface area contributed by atoms with Gasteiger partial charge in [-0.2, -0.15) is 0 Å². The molecule has 0 radical (unpaired) electrons. The Labute approximate surface area is 94.1 Å². The SMILES string of the molecule is C=C(c1ccccc1)c1cncc(Cl)c1. The third-order valence-electron chi connectivity index (χ3n) is 2.18. The predicted molar refractivity (Wildman–Crippen MR) is 63.8 cm³/mol. The zero-order valence-corrected chi connectivity index (χ0v) is 8.91. The molecular weight excluding hydrogens is 206 g/mol. The van der Waals surface area contributed by atoms with Crippen LogP contribution in [0.3, 0.4) is 0 Å². The van der Waals surface area contributed by atoms with Crippen LogP contribution in [0.15, 0.2) is 55.4 Å². The van der Waals surface area contributed by atoms with Gasteiger partial charge in [-0.3, -0.25) is 4.98 Å². The Morgan fingerprint density at radius 3 is 2.47 bits per heavy atom. The summed E-state index contributed by atoms with van der Waals surface area (Å²) >= 11 is 5.87. The summed E-state index contributed by atoms with van der Waals surface area (Å²) in [5.41, 5.74) is 2.97. The summed E-state index contributed by atoms with van der Waals surface area (Å²) < 4.78 is 0. The quantitative estimate of drug-likeness (QED) is 0.743. The fourth-order valence-electron chi connectivity index (χ4n) is 1.38. The Morgan fingerprint density at radius 2 is 1.80 bits per heavy atom. The standard InChI is InChI=1S/C13H10ClN/c1-10(11-5-3-2-4-6-11)12-7-13(14)9-15-8-12/h2-9H,1H2. The lowest BCUT2D eigenvalue weighted by Crippen LogP contribution is -1.86. The fraction of sp³-hybridized carbons (Fsp3) is 0. The van der Waals surface area contributed by atoms with Crippen molar-refractivity contribution in [3.8, 4) is 0 Å². The average molecular weight is 216 g/mol. The summed E-state index contributed by atoms with van der Waals surface area (Å²) in [7, 11) is 0. The molecule has 0 saturated heterocycles. The molecule has 0 unspecified atom stereocenters. The molecule has 74 valence electrons. The zero-order chi connectivity index (χ0) is 10.7. The summed E-state index contributed by atoms with van der Waals surface area (Å²) in [6.45, 7) is 4.04. The highest BCUT2D eigenvalue weighted by Gasteiger charge is 2.02. The minimum Gasteiger partial charge on any atom is -0.263 e. The van der Waals surface area contributed by atoms with Crippen LogP contribution in [0, 0.1) is 0 Å². The number of halogens is 1. The summed E-state index contributed by atoms with van der Waals surface area (Å²) in [5, 5.41) is 0.629. The fourth-order valence-corrected chi connectivity index (χ4v) is 1.56. The van der Waals surface area contributed by atoms with E-state index >= 15 is 0 Å². The Hall–Kier alpha value is -1.60. The zero-order valence-electron chi connectivity index (χ0n) is 8.15. The van der Waals surface area contributed by atoms with Crippen LogP contribution in [-0.2, 0) is 0 Å². The van der Waals surface area contributed by atoms with Crippen molar-refractivity contribution in [2.45, 2.75) is 0 Å². The molecule has 0 atom stereocenters. The average Bonchev–Trinajstić information content (AvgIpc) is 2.29. The van der Waals surface area contributed by atoms with Crippen LogP contribution in [0.2, 0.25) is 5.02 Å². The number of rotatable bonds is 2. The molecule has 1 nitrogen and oxygen atoms in total. The number of benzene rings is 1. The van der Waals surface area contributed by atoms with Crippen molar-refractivity contribution in [3.63, 3.8) is 0 Å². The van der Waals surface area contributed by atoms with Crippen molar-refractivity contribution >= 4 is 17.2 Å². The van der Waals surface area contributed by atoms with E-state index in [9.17, 15) is 0 Å². The van der Waals surface area contributed by atoms with Gasteiger partial charge in [0.05, 0.1) is 5.02 Å². The summed E-state index contributed by atoms with van der Waals surface area (Å²) in [6, 6.07) is 11.8. The van der Waals surface area contributed by atoms with Crippen molar-refractivity contribution in [3.05, 3.63) is 71.5 Å². The molecule has 15 heavy (non-hydrogen) atoms. The topological polar surface area (TPSA) is 12.9 Å². The van der Waals surface area contributed by atoms with Crippen LogP contribution in [0.4, 0.5) is 0 Å². The van der Waals surface area contributed by atoms with E-state index in [2.05, 4.69) is 11.6 Å². The molecule has 0 fully saturated rings. The monoisotopic (exact) mass is 215 g/mol. The molecule has 2 rings (SSSR count). The highest BCUT2D eigenvalue weighted by atomic mass is 35.5. The Morgan fingerprint density at radius 1 is 1.07 bits per heavy atom. The first-order valence-electron chi connectivity index (χ1n) is 4.62. The summed E-state index contributed by atoms with van der Waals surface area (Å²) in [6.07, 6.45) is 3.38. The van der Waals surface area contributed by atoms with Gasteiger partial charge >= 0.3 is 0 Å². The van der Waals surface area contributed by atoms with E-state index in [1.165, 1.54) is 0 Å². The molecule has 2 heteroatoms. The lowest BCUT2D eigenvalue weighted by Gasteiger charge is -2.05. The Bertz CT molecular complexity index is 477. The van der Waals surface area contributed by atoms with E-state index in [1.54, 1.807) is 12.4 Å². The predicted octanol–water partition coefficient (Wildman–Crippen LogP) is 3.80. The van der Waals surface area contributed by atoms with Crippen molar-refractivity contribution in [1.29, 1.82) is 0 Å². The Balaban J connectivity index is 2.37.